The average Bonchev–Trinajstić information content (AvgIpc) is 2.74. The number of amides is 1. The van der Waals surface area contributed by atoms with Gasteiger partial charge in [-0.2, -0.15) is 0 Å². The largest absolute Gasteiger partial charge is 0.272 e. The highest BCUT2D eigenvalue weighted by atomic mass is 32.2. The van der Waals surface area contributed by atoms with Gasteiger partial charge in [-0.25, -0.2) is 12.7 Å². The van der Waals surface area contributed by atoms with Crippen LogP contribution in [0.5, 0.6) is 0 Å². The highest BCUT2D eigenvalue weighted by Crippen LogP contribution is 2.27. The predicted molar refractivity (Wildman–Crippen MR) is 119 cm³/mol. The lowest BCUT2D eigenvalue weighted by Gasteiger charge is -2.23. The molecule has 0 heterocycles. The Hall–Kier alpha value is -2.57. The summed E-state index contributed by atoms with van der Waals surface area (Å²) in [6, 6.07) is 22.9. The van der Waals surface area contributed by atoms with Gasteiger partial charge in [-0.3, -0.25) is 4.79 Å². The SMILES string of the molecule is CCc1ccc(N(C(=O)CSc2ccc(C)cc2)S(=O)(=O)c2ccccc2)cc1. The molecule has 0 saturated carbocycles. The Labute approximate surface area is 176 Å². The van der Waals surface area contributed by atoms with E-state index in [1.165, 1.54) is 23.9 Å². The van der Waals surface area contributed by atoms with Crippen molar-refractivity contribution >= 4 is 33.4 Å². The van der Waals surface area contributed by atoms with E-state index < -0.39 is 15.9 Å². The first kappa shape index (κ1) is 21.1. The highest BCUT2D eigenvalue weighted by molar-refractivity contribution is 8.00. The summed E-state index contributed by atoms with van der Waals surface area (Å²) in [5.41, 5.74) is 2.55. The molecule has 0 saturated heterocycles. The second-order valence-electron chi connectivity index (χ2n) is 6.60. The van der Waals surface area contributed by atoms with Crippen LogP contribution in [-0.4, -0.2) is 20.1 Å². The number of rotatable bonds is 7. The van der Waals surface area contributed by atoms with Gasteiger partial charge >= 0.3 is 0 Å². The van der Waals surface area contributed by atoms with Crippen LogP contribution < -0.4 is 4.31 Å². The zero-order valence-corrected chi connectivity index (χ0v) is 18.0. The van der Waals surface area contributed by atoms with E-state index in [4.69, 9.17) is 0 Å². The fourth-order valence-corrected chi connectivity index (χ4v) is 5.09. The number of carbonyl (C=O) groups excluding carboxylic acids is 1. The molecule has 3 aromatic rings. The number of hydrogen-bond donors (Lipinski definition) is 0. The van der Waals surface area contributed by atoms with E-state index in [9.17, 15) is 13.2 Å². The van der Waals surface area contributed by atoms with Crippen LogP contribution in [0, 0.1) is 6.92 Å². The monoisotopic (exact) mass is 425 g/mol. The molecule has 0 aliphatic rings. The smallest absolute Gasteiger partial charge is 0.270 e. The average molecular weight is 426 g/mol. The van der Waals surface area contributed by atoms with Crippen LogP contribution in [0.1, 0.15) is 18.1 Å². The first-order chi connectivity index (χ1) is 13.9. The summed E-state index contributed by atoms with van der Waals surface area (Å²) in [6.45, 7) is 4.02. The molecule has 0 N–H and O–H groups in total. The van der Waals surface area contributed by atoms with Crippen LogP contribution in [0.4, 0.5) is 5.69 Å². The van der Waals surface area contributed by atoms with Crippen molar-refractivity contribution in [3.63, 3.8) is 0 Å². The van der Waals surface area contributed by atoms with Gasteiger partial charge in [-0.1, -0.05) is 55.0 Å². The summed E-state index contributed by atoms with van der Waals surface area (Å²) in [5.74, 6) is -0.464. The number of aryl methyl sites for hydroxylation is 2. The fourth-order valence-electron chi connectivity index (χ4n) is 2.82. The Morgan fingerprint density at radius 1 is 0.897 bits per heavy atom. The number of sulfonamides is 1. The van der Waals surface area contributed by atoms with Gasteiger partial charge in [0.05, 0.1) is 16.3 Å². The van der Waals surface area contributed by atoms with Crippen molar-refractivity contribution in [3.8, 4) is 0 Å². The topological polar surface area (TPSA) is 54.5 Å². The molecule has 0 bridgehead atoms. The Kier molecular flexibility index (Phi) is 6.77. The Bertz CT molecular complexity index is 1060. The molecule has 0 atom stereocenters. The van der Waals surface area contributed by atoms with E-state index in [2.05, 4.69) is 0 Å². The lowest BCUT2D eigenvalue weighted by Crippen LogP contribution is -2.38. The molecule has 0 spiro atoms. The Balaban J connectivity index is 1.93. The van der Waals surface area contributed by atoms with Gasteiger partial charge in [0.15, 0.2) is 0 Å². The van der Waals surface area contributed by atoms with Crippen LogP contribution >= 0.6 is 11.8 Å². The number of nitrogens with zero attached hydrogens (tertiary/aromatic N) is 1. The van der Waals surface area contributed by atoms with E-state index >= 15 is 0 Å². The quantitative estimate of drug-likeness (QED) is 0.496. The van der Waals surface area contributed by atoms with Crippen LogP contribution in [0.3, 0.4) is 0 Å². The summed E-state index contributed by atoms with van der Waals surface area (Å²) in [4.78, 5) is 14.1. The van der Waals surface area contributed by atoms with E-state index in [-0.39, 0.29) is 10.6 Å². The number of thioether (sulfide) groups is 1. The molecule has 6 heteroatoms. The minimum atomic E-state index is -4.01. The van der Waals surface area contributed by atoms with Gasteiger partial charge in [0.25, 0.3) is 15.9 Å². The number of carbonyl (C=O) groups is 1. The van der Waals surface area contributed by atoms with Crippen molar-refractivity contribution in [3.05, 3.63) is 90.0 Å². The summed E-state index contributed by atoms with van der Waals surface area (Å²) >= 11 is 1.32. The molecule has 0 aromatic heterocycles. The molecule has 29 heavy (non-hydrogen) atoms. The predicted octanol–water partition coefficient (Wildman–Crippen LogP) is 5.07. The van der Waals surface area contributed by atoms with Crippen molar-refractivity contribution in [1.29, 1.82) is 0 Å². The molecule has 1 amide bonds. The van der Waals surface area contributed by atoms with Crippen molar-refractivity contribution in [2.75, 3.05) is 10.1 Å². The molecule has 0 radical (unpaired) electrons. The summed E-state index contributed by atoms with van der Waals surface area (Å²) in [7, 11) is -4.01. The lowest BCUT2D eigenvalue weighted by atomic mass is 10.1. The third-order valence-electron chi connectivity index (χ3n) is 4.47. The van der Waals surface area contributed by atoms with E-state index in [1.54, 1.807) is 30.3 Å². The van der Waals surface area contributed by atoms with Gasteiger partial charge in [0, 0.05) is 4.90 Å². The maximum Gasteiger partial charge on any atom is 0.270 e. The zero-order chi connectivity index (χ0) is 20.9. The molecule has 0 aliphatic heterocycles. The summed E-state index contributed by atoms with van der Waals surface area (Å²) < 4.78 is 27.5. The van der Waals surface area contributed by atoms with Crippen molar-refractivity contribution < 1.29 is 13.2 Å². The fraction of sp³-hybridized carbons (Fsp3) is 0.174. The minimum absolute atomic E-state index is 0.0185. The summed E-state index contributed by atoms with van der Waals surface area (Å²) in [5, 5.41) is 0. The molecule has 0 fully saturated rings. The Morgan fingerprint density at radius 3 is 2.10 bits per heavy atom. The third kappa shape index (κ3) is 5.08. The molecular formula is C23H23NO3S2. The van der Waals surface area contributed by atoms with Crippen molar-refractivity contribution in [2.45, 2.75) is 30.1 Å². The first-order valence-electron chi connectivity index (χ1n) is 9.33. The van der Waals surface area contributed by atoms with Crippen LogP contribution in [0.2, 0.25) is 0 Å². The van der Waals surface area contributed by atoms with Crippen LogP contribution in [0.15, 0.2) is 88.7 Å². The van der Waals surface area contributed by atoms with E-state index in [0.29, 0.717) is 5.69 Å². The highest BCUT2D eigenvalue weighted by Gasteiger charge is 2.30. The van der Waals surface area contributed by atoms with Gasteiger partial charge < -0.3 is 0 Å². The summed E-state index contributed by atoms with van der Waals surface area (Å²) in [6.07, 6.45) is 0.836. The minimum Gasteiger partial charge on any atom is -0.272 e. The van der Waals surface area contributed by atoms with Gasteiger partial charge in [-0.05, 0) is 55.3 Å². The van der Waals surface area contributed by atoms with Gasteiger partial charge in [0.1, 0.15) is 0 Å². The molecule has 3 aromatic carbocycles. The normalized spacial score (nSPS) is 11.2. The second kappa shape index (κ2) is 9.29. The van der Waals surface area contributed by atoms with Crippen LogP contribution in [-0.2, 0) is 21.2 Å². The molecule has 0 unspecified atom stereocenters. The van der Waals surface area contributed by atoms with Gasteiger partial charge in [0.2, 0.25) is 0 Å². The van der Waals surface area contributed by atoms with Crippen molar-refractivity contribution in [1.82, 2.24) is 0 Å². The number of hydrogen-bond acceptors (Lipinski definition) is 4. The van der Waals surface area contributed by atoms with E-state index in [1.807, 2.05) is 50.2 Å². The second-order valence-corrected chi connectivity index (χ2v) is 9.43. The van der Waals surface area contributed by atoms with E-state index in [0.717, 1.165) is 26.7 Å². The molecule has 4 nitrogen and oxygen atoms in total. The maximum absolute atomic E-state index is 13.3. The Morgan fingerprint density at radius 2 is 1.52 bits per heavy atom. The maximum atomic E-state index is 13.3. The molecule has 0 aliphatic carbocycles. The third-order valence-corrected chi connectivity index (χ3v) is 7.23. The number of benzene rings is 3. The molecular weight excluding hydrogens is 402 g/mol. The zero-order valence-electron chi connectivity index (χ0n) is 16.4. The lowest BCUT2D eigenvalue weighted by molar-refractivity contribution is -0.115. The first-order valence-corrected chi connectivity index (χ1v) is 11.8. The standard InChI is InChI=1S/C23H23NO3S2/c1-3-19-11-13-20(14-12-19)24(29(26,27)22-7-5-4-6-8-22)23(25)17-28-21-15-9-18(2)10-16-21/h4-16H,3,17H2,1-2H3. The van der Waals surface area contributed by atoms with Crippen LogP contribution in [0.25, 0.3) is 0 Å². The molecule has 150 valence electrons. The van der Waals surface area contributed by atoms with Crippen molar-refractivity contribution in [2.24, 2.45) is 0 Å². The number of anilines is 1. The van der Waals surface area contributed by atoms with Gasteiger partial charge in [-0.15, -0.1) is 11.8 Å². The molecule has 3 rings (SSSR count).